The maximum atomic E-state index is 13.4. The molecule has 1 aliphatic heterocycles. The molecular weight excluding hydrogens is 241 g/mol. The molecule has 1 aromatic carbocycles. The van der Waals surface area contributed by atoms with Crippen LogP contribution in [-0.4, -0.2) is 15.6 Å². The Morgan fingerprint density at radius 3 is 2.89 bits per heavy atom. The number of hydrogen-bond acceptors (Lipinski definition) is 2. The van der Waals surface area contributed by atoms with Crippen molar-refractivity contribution in [2.24, 2.45) is 5.73 Å². The van der Waals surface area contributed by atoms with Crippen LogP contribution in [0.5, 0.6) is 0 Å². The van der Waals surface area contributed by atoms with Gasteiger partial charge in [-0.05, 0) is 44.0 Å². The van der Waals surface area contributed by atoms with Gasteiger partial charge in [-0.15, -0.1) is 0 Å². The molecule has 0 bridgehead atoms. The maximum Gasteiger partial charge on any atom is 0.126 e. The van der Waals surface area contributed by atoms with Crippen LogP contribution in [0.2, 0.25) is 0 Å². The van der Waals surface area contributed by atoms with Crippen LogP contribution < -0.4 is 5.73 Å². The molecule has 0 radical (unpaired) electrons. The molecule has 0 saturated carbocycles. The molecule has 2 N–H and O–H groups in total. The Hall–Kier alpha value is -1.68. The van der Waals surface area contributed by atoms with Crippen LogP contribution in [0.4, 0.5) is 4.39 Å². The van der Waals surface area contributed by atoms with E-state index in [4.69, 9.17) is 10.7 Å². The predicted molar refractivity (Wildman–Crippen MR) is 73.4 cm³/mol. The summed E-state index contributed by atoms with van der Waals surface area (Å²) in [4.78, 5) is 4.71. The number of aromatic nitrogens is 2. The first-order chi connectivity index (χ1) is 9.06. The second-order valence-electron chi connectivity index (χ2n) is 5.34. The van der Waals surface area contributed by atoms with Crippen molar-refractivity contribution in [1.82, 2.24) is 9.55 Å². The smallest absolute Gasteiger partial charge is 0.126 e. The van der Waals surface area contributed by atoms with Gasteiger partial charge in [0.05, 0.1) is 5.69 Å². The second-order valence-corrected chi connectivity index (χ2v) is 5.34. The molecule has 0 fully saturated rings. The van der Waals surface area contributed by atoms with Crippen LogP contribution >= 0.6 is 0 Å². The van der Waals surface area contributed by atoms with E-state index in [2.05, 4.69) is 11.5 Å². The number of benzene rings is 1. The normalized spacial score (nSPS) is 18.4. The van der Waals surface area contributed by atoms with Crippen molar-refractivity contribution in [2.75, 3.05) is 0 Å². The molecule has 1 aliphatic rings. The first kappa shape index (κ1) is 12.4. The van der Waals surface area contributed by atoms with Crippen molar-refractivity contribution in [3.8, 4) is 11.3 Å². The van der Waals surface area contributed by atoms with E-state index in [9.17, 15) is 4.39 Å². The van der Waals surface area contributed by atoms with Gasteiger partial charge in [-0.2, -0.15) is 0 Å². The summed E-state index contributed by atoms with van der Waals surface area (Å²) in [5, 5.41) is 0. The highest BCUT2D eigenvalue weighted by atomic mass is 19.1. The van der Waals surface area contributed by atoms with Crippen LogP contribution in [0.15, 0.2) is 18.2 Å². The monoisotopic (exact) mass is 259 g/mol. The van der Waals surface area contributed by atoms with E-state index in [0.717, 1.165) is 42.2 Å². The lowest BCUT2D eigenvalue weighted by Crippen LogP contribution is -2.32. The zero-order valence-corrected chi connectivity index (χ0v) is 11.3. The first-order valence-corrected chi connectivity index (χ1v) is 6.64. The molecule has 0 spiro atoms. The van der Waals surface area contributed by atoms with Crippen molar-refractivity contribution in [3.05, 3.63) is 41.1 Å². The molecule has 1 atom stereocenters. The van der Waals surface area contributed by atoms with Gasteiger partial charge in [0, 0.05) is 30.3 Å². The summed E-state index contributed by atoms with van der Waals surface area (Å²) >= 11 is 0. The topological polar surface area (TPSA) is 43.8 Å². The third kappa shape index (κ3) is 2.06. The molecular formula is C15H18FN3. The quantitative estimate of drug-likeness (QED) is 0.855. The van der Waals surface area contributed by atoms with E-state index in [1.54, 1.807) is 13.0 Å². The molecule has 0 aliphatic carbocycles. The average Bonchev–Trinajstić information content (AvgIpc) is 2.70. The molecule has 100 valence electrons. The van der Waals surface area contributed by atoms with Gasteiger partial charge < -0.3 is 10.3 Å². The fourth-order valence-corrected chi connectivity index (χ4v) is 2.73. The fourth-order valence-electron chi connectivity index (χ4n) is 2.73. The third-order valence-corrected chi connectivity index (χ3v) is 3.89. The van der Waals surface area contributed by atoms with E-state index < -0.39 is 0 Å². The molecule has 2 aromatic rings. The number of nitrogens with two attached hydrogens (primary N) is 1. The SMILES string of the molecule is Cc1cc(-c2nc3n(c2C)CC(N)CC3)ccc1F. The Labute approximate surface area is 112 Å². The molecule has 1 aromatic heterocycles. The molecule has 3 nitrogen and oxygen atoms in total. The number of halogens is 1. The zero-order valence-electron chi connectivity index (χ0n) is 11.3. The van der Waals surface area contributed by atoms with Crippen molar-refractivity contribution in [2.45, 2.75) is 39.3 Å². The standard InChI is InChI=1S/C15H18FN3/c1-9-7-11(3-5-13(9)16)15-10(2)19-8-12(17)4-6-14(19)18-15/h3,5,7,12H,4,6,8,17H2,1-2H3. The van der Waals surface area contributed by atoms with Gasteiger partial charge in [-0.25, -0.2) is 9.37 Å². The Morgan fingerprint density at radius 2 is 2.16 bits per heavy atom. The fraction of sp³-hybridized carbons (Fsp3) is 0.400. The van der Waals surface area contributed by atoms with E-state index in [0.29, 0.717) is 5.56 Å². The molecule has 0 amide bonds. The summed E-state index contributed by atoms with van der Waals surface area (Å²) in [7, 11) is 0. The van der Waals surface area contributed by atoms with E-state index in [1.807, 2.05) is 6.07 Å². The molecule has 2 heterocycles. The summed E-state index contributed by atoms with van der Waals surface area (Å²) in [5.41, 5.74) is 9.72. The van der Waals surface area contributed by atoms with Gasteiger partial charge in [0.15, 0.2) is 0 Å². The summed E-state index contributed by atoms with van der Waals surface area (Å²) in [6.45, 7) is 4.66. The lowest BCUT2D eigenvalue weighted by atomic mass is 10.1. The van der Waals surface area contributed by atoms with Gasteiger partial charge in [-0.1, -0.05) is 0 Å². The van der Waals surface area contributed by atoms with Gasteiger partial charge in [0.2, 0.25) is 0 Å². The van der Waals surface area contributed by atoms with Crippen molar-refractivity contribution in [3.63, 3.8) is 0 Å². The number of rotatable bonds is 1. The minimum absolute atomic E-state index is 0.174. The number of nitrogens with zero attached hydrogens (tertiary/aromatic N) is 2. The number of imidazole rings is 1. The average molecular weight is 259 g/mol. The number of fused-ring (bicyclic) bond motifs is 1. The third-order valence-electron chi connectivity index (χ3n) is 3.89. The molecule has 1 unspecified atom stereocenters. The Kier molecular flexibility index (Phi) is 2.90. The highest BCUT2D eigenvalue weighted by Crippen LogP contribution is 2.27. The summed E-state index contributed by atoms with van der Waals surface area (Å²) < 4.78 is 15.5. The lowest BCUT2D eigenvalue weighted by molar-refractivity contribution is 0.448. The first-order valence-electron chi connectivity index (χ1n) is 6.64. The predicted octanol–water partition coefficient (Wildman–Crippen LogP) is 2.58. The molecule has 0 saturated heterocycles. The van der Waals surface area contributed by atoms with E-state index in [1.165, 1.54) is 6.07 Å². The van der Waals surface area contributed by atoms with E-state index >= 15 is 0 Å². The van der Waals surface area contributed by atoms with Crippen LogP contribution in [0, 0.1) is 19.7 Å². The molecule has 19 heavy (non-hydrogen) atoms. The minimum atomic E-state index is -0.174. The van der Waals surface area contributed by atoms with Crippen LogP contribution in [-0.2, 0) is 13.0 Å². The van der Waals surface area contributed by atoms with Crippen molar-refractivity contribution in [1.29, 1.82) is 0 Å². The summed E-state index contributed by atoms with van der Waals surface area (Å²) in [5.74, 6) is 0.920. The Bertz CT molecular complexity index is 631. The van der Waals surface area contributed by atoms with Gasteiger partial charge in [-0.3, -0.25) is 0 Å². The highest BCUT2D eigenvalue weighted by molar-refractivity contribution is 5.63. The maximum absolute atomic E-state index is 13.4. The minimum Gasteiger partial charge on any atom is -0.330 e. The molecule has 3 rings (SSSR count). The zero-order chi connectivity index (χ0) is 13.6. The van der Waals surface area contributed by atoms with Gasteiger partial charge in [0.25, 0.3) is 0 Å². The van der Waals surface area contributed by atoms with Crippen LogP contribution in [0.25, 0.3) is 11.3 Å². The van der Waals surface area contributed by atoms with Gasteiger partial charge >= 0.3 is 0 Å². The molecule has 4 heteroatoms. The van der Waals surface area contributed by atoms with Crippen LogP contribution in [0.1, 0.15) is 23.5 Å². The van der Waals surface area contributed by atoms with Gasteiger partial charge in [0.1, 0.15) is 11.6 Å². The largest absolute Gasteiger partial charge is 0.330 e. The van der Waals surface area contributed by atoms with E-state index in [-0.39, 0.29) is 11.9 Å². The Morgan fingerprint density at radius 1 is 1.37 bits per heavy atom. The number of aryl methyl sites for hydroxylation is 2. The van der Waals surface area contributed by atoms with Crippen LogP contribution in [0.3, 0.4) is 0 Å². The summed E-state index contributed by atoms with van der Waals surface area (Å²) in [6.07, 6.45) is 1.90. The van der Waals surface area contributed by atoms with Crippen molar-refractivity contribution < 1.29 is 4.39 Å². The van der Waals surface area contributed by atoms with Crippen molar-refractivity contribution >= 4 is 0 Å². The Balaban J connectivity index is 2.08. The lowest BCUT2D eigenvalue weighted by Gasteiger charge is -2.21. The summed E-state index contributed by atoms with van der Waals surface area (Å²) in [6, 6.07) is 5.37. The highest BCUT2D eigenvalue weighted by Gasteiger charge is 2.21. The second kappa shape index (κ2) is 4.46. The number of hydrogen-bond donors (Lipinski definition) is 1.